The number of amides is 1. The van der Waals surface area contributed by atoms with Crippen LogP contribution in [0.3, 0.4) is 0 Å². The first kappa shape index (κ1) is 22.3. The summed E-state index contributed by atoms with van der Waals surface area (Å²) in [6.45, 7) is 5.89. The topological polar surface area (TPSA) is 98.7 Å². The number of carbonyl (C=O) groups is 1. The molecule has 1 amide bonds. The summed E-state index contributed by atoms with van der Waals surface area (Å²) in [6.07, 6.45) is 10.9. The third-order valence-electron chi connectivity index (χ3n) is 7.07. The normalized spacial score (nSPS) is 22.1. The van der Waals surface area contributed by atoms with Crippen LogP contribution in [0.2, 0.25) is 0 Å². The van der Waals surface area contributed by atoms with Gasteiger partial charge in [0.25, 0.3) is 0 Å². The highest BCUT2D eigenvalue weighted by Crippen LogP contribution is 2.54. The van der Waals surface area contributed by atoms with E-state index < -0.39 is 9.84 Å². The molecule has 0 radical (unpaired) electrons. The predicted molar refractivity (Wildman–Crippen MR) is 115 cm³/mol. The summed E-state index contributed by atoms with van der Waals surface area (Å²) in [5, 5.41) is -0.0295. The van der Waals surface area contributed by atoms with Crippen molar-refractivity contribution in [3.05, 3.63) is 11.9 Å². The highest BCUT2D eigenvalue weighted by atomic mass is 32.2. The number of aryl methyl sites for hydroxylation is 1. The zero-order valence-electron chi connectivity index (χ0n) is 18.7. The number of aromatic nitrogens is 2. The fourth-order valence-corrected chi connectivity index (χ4v) is 5.35. The molecule has 2 saturated carbocycles. The van der Waals surface area contributed by atoms with Gasteiger partial charge in [-0.2, -0.15) is 0 Å². The Balaban J connectivity index is 1.13. The van der Waals surface area contributed by atoms with Crippen molar-refractivity contribution in [3.63, 3.8) is 0 Å². The molecule has 1 saturated heterocycles. The van der Waals surface area contributed by atoms with Crippen LogP contribution in [0.25, 0.3) is 0 Å². The summed E-state index contributed by atoms with van der Waals surface area (Å²) < 4.78 is 34.4. The quantitative estimate of drug-likeness (QED) is 0.585. The van der Waals surface area contributed by atoms with Crippen molar-refractivity contribution in [2.75, 3.05) is 26.0 Å². The molecule has 3 aliphatic rings. The van der Waals surface area contributed by atoms with E-state index in [4.69, 9.17) is 9.47 Å². The van der Waals surface area contributed by atoms with Crippen LogP contribution >= 0.6 is 0 Å². The molecule has 0 aromatic carbocycles. The molecule has 1 aliphatic heterocycles. The Morgan fingerprint density at radius 2 is 1.90 bits per heavy atom. The van der Waals surface area contributed by atoms with Crippen LogP contribution < -0.4 is 4.74 Å². The molecule has 0 atom stereocenters. The van der Waals surface area contributed by atoms with Crippen molar-refractivity contribution < 1.29 is 22.7 Å². The number of rotatable bonds is 7. The van der Waals surface area contributed by atoms with Gasteiger partial charge in [0.15, 0.2) is 14.9 Å². The first-order valence-corrected chi connectivity index (χ1v) is 13.1. The summed E-state index contributed by atoms with van der Waals surface area (Å²) in [5.74, 6) is 1.11. The van der Waals surface area contributed by atoms with Crippen molar-refractivity contribution >= 4 is 15.9 Å². The lowest BCUT2D eigenvalue weighted by Gasteiger charge is -2.52. The fourth-order valence-electron chi connectivity index (χ4n) is 4.80. The number of likely N-dealkylation sites (tertiary alicyclic amines) is 1. The molecular weight excluding hydrogens is 418 g/mol. The second kappa shape index (κ2) is 8.22. The average molecular weight is 452 g/mol. The van der Waals surface area contributed by atoms with Gasteiger partial charge in [0.1, 0.15) is 11.3 Å². The number of piperidine rings is 1. The SMILES string of the molecule is Cc1nc(S(C)(=O)=O)cnc1OCCCC1CC2(CCN(C(=O)OC3(C)CC3)CC2)C1. The van der Waals surface area contributed by atoms with Gasteiger partial charge in [0, 0.05) is 19.3 Å². The van der Waals surface area contributed by atoms with Gasteiger partial charge >= 0.3 is 6.09 Å². The van der Waals surface area contributed by atoms with Gasteiger partial charge in [-0.05, 0) is 76.5 Å². The fraction of sp³-hybridized carbons (Fsp3) is 0.773. The van der Waals surface area contributed by atoms with Crippen molar-refractivity contribution in [2.45, 2.75) is 75.8 Å². The summed E-state index contributed by atoms with van der Waals surface area (Å²) in [6, 6.07) is 0. The Labute approximate surface area is 184 Å². The maximum Gasteiger partial charge on any atom is 0.410 e. The van der Waals surface area contributed by atoms with Crippen LogP contribution in [-0.4, -0.2) is 60.9 Å². The van der Waals surface area contributed by atoms with Crippen molar-refractivity contribution in [1.29, 1.82) is 0 Å². The Morgan fingerprint density at radius 3 is 2.48 bits per heavy atom. The first-order chi connectivity index (χ1) is 14.6. The molecule has 9 heteroatoms. The van der Waals surface area contributed by atoms with Gasteiger partial charge in [-0.3, -0.25) is 0 Å². The zero-order valence-corrected chi connectivity index (χ0v) is 19.5. The Bertz CT molecular complexity index is 928. The molecule has 3 fully saturated rings. The Kier molecular flexibility index (Phi) is 5.91. The molecule has 2 heterocycles. The van der Waals surface area contributed by atoms with Gasteiger partial charge in [0.2, 0.25) is 5.88 Å². The lowest BCUT2D eigenvalue weighted by atomic mass is 9.56. The minimum Gasteiger partial charge on any atom is -0.476 e. The van der Waals surface area contributed by atoms with Crippen LogP contribution in [0.15, 0.2) is 11.2 Å². The van der Waals surface area contributed by atoms with E-state index in [1.54, 1.807) is 6.92 Å². The van der Waals surface area contributed by atoms with Gasteiger partial charge in [-0.1, -0.05) is 0 Å². The Morgan fingerprint density at radius 1 is 1.23 bits per heavy atom. The van der Waals surface area contributed by atoms with Gasteiger partial charge < -0.3 is 14.4 Å². The monoisotopic (exact) mass is 451 g/mol. The maximum atomic E-state index is 12.3. The molecule has 4 rings (SSSR count). The number of hydrogen-bond acceptors (Lipinski definition) is 7. The van der Waals surface area contributed by atoms with Crippen molar-refractivity contribution in [2.24, 2.45) is 11.3 Å². The van der Waals surface area contributed by atoms with Crippen LogP contribution in [0.1, 0.15) is 64.0 Å². The molecule has 0 unspecified atom stereocenters. The van der Waals surface area contributed by atoms with Gasteiger partial charge in [-0.25, -0.2) is 23.2 Å². The van der Waals surface area contributed by atoms with E-state index in [-0.39, 0.29) is 16.7 Å². The lowest BCUT2D eigenvalue weighted by molar-refractivity contribution is -0.0232. The summed E-state index contributed by atoms with van der Waals surface area (Å²) in [4.78, 5) is 22.3. The zero-order chi connectivity index (χ0) is 22.3. The third-order valence-corrected chi connectivity index (χ3v) is 8.03. The number of ether oxygens (including phenoxy) is 2. The highest BCUT2D eigenvalue weighted by Gasteiger charge is 2.47. The van der Waals surface area contributed by atoms with Crippen molar-refractivity contribution in [1.82, 2.24) is 14.9 Å². The van der Waals surface area contributed by atoms with Crippen molar-refractivity contribution in [3.8, 4) is 5.88 Å². The maximum absolute atomic E-state index is 12.3. The second-order valence-corrected chi connectivity index (χ2v) is 11.9. The van der Waals surface area contributed by atoms with E-state index in [1.807, 2.05) is 11.8 Å². The van der Waals surface area contributed by atoms with Crippen LogP contribution in [0.4, 0.5) is 4.79 Å². The molecule has 1 aromatic rings. The molecule has 0 bridgehead atoms. The molecule has 2 aliphatic carbocycles. The second-order valence-electron chi connectivity index (χ2n) is 9.94. The number of hydrogen-bond donors (Lipinski definition) is 0. The average Bonchev–Trinajstić information content (AvgIpc) is 3.40. The minimum atomic E-state index is -3.36. The number of sulfone groups is 1. The predicted octanol–water partition coefficient (Wildman–Crippen LogP) is 3.53. The summed E-state index contributed by atoms with van der Waals surface area (Å²) in [7, 11) is -3.36. The molecule has 31 heavy (non-hydrogen) atoms. The smallest absolute Gasteiger partial charge is 0.410 e. The van der Waals surface area contributed by atoms with E-state index >= 15 is 0 Å². The van der Waals surface area contributed by atoms with E-state index in [1.165, 1.54) is 19.0 Å². The summed E-state index contributed by atoms with van der Waals surface area (Å²) in [5.41, 5.74) is 0.705. The van der Waals surface area contributed by atoms with E-state index in [9.17, 15) is 13.2 Å². The number of carbonyl (C=O) groups excluding carboxylic acids is 1. The molecule has 1 aromatic heterocycles. The van der Waals surface area contributed by atoms with Gasteiger partial charge in [-0.15, -0.1) is 0 Å². The minimum absolute atomic E-state index is 0.0295. The lowest BCUT2D eigenvalue weighted by Crippen LogP contribution is -2.49. The van der Waals surface area contributed by atoms with E-state index in [0.29, 0.717) is 29.5 Å². The number of nitrogens with zero attached hydrogens (tertiary/aromatic N) is 3. The highest BCUT2D eigenvalue weighted by molar-refractivity contribution is 7.90. The molecular formula is C22H33N3O5S. The summed E-state index contributed by atoms with van der Waals surface area (Å²) >= 11 is 0. The first-order valence-electron chi connectivity index (χ1n) is 11.2. The Hall–Kier alpha value is -1.90. The standard InChI is InChI=1S/C22H33N3O5S/c1-16-19(23-15-18(24-16)31(3,27)28)29-12-4-5-17-13-22(14-17)8-10-25(11-9-22)20(26)30-21(2)6-7-21/h15,17H,4-14H2,1-3H3. The van der Waals surface area contributed by atoms with Gasteiger partial charge in [0.05, 0.1) is 12.8 Å². The molecule has 172 valence electrons. The van der Waals surface area contributed by atoms with Crippen LogP contribution in [-0.2, 0) is 14.6 Å². The largest absolute Gasteiger partial charge is 0.476 e. The van der Waals surface area contributed by atoms with E-state index in [0.717, 1.165) is 57.9 Å². The molecule has 8 nitrogen and oxygen atoms in total. The molecule has 1 spiro atoms. The van der Waals surface area contributed by atoms with Crippen LogP contribution in [0, 0.1) is 18.3 Å². The molecule has 0 N–H and O–H groups in total. The van der Waals surface area contributed by atoms with Crippen LogP contribution in [0.5, 0.6) is 5.88 Å². The third kappa shape index (κ3) is 5.30. The van der Waals surface area contributed by atoms with E-state index in [2.05, 4.69) is 9.97 Å².